The summed E-state index contributed by atoms with van der Waals surface area (Å²) < 4.78 is 34.5. The van der Waals surface area contributed by atoms with E-state index in [0.29, 0.717) is 17.1 Å². The summed E-state index contributed by atoms with van der Waals surface area (Å²) in [6.45, 7) is 1.65. The zero-order chi connectivity index (χ0) is 21.8. The predicted molar refractivity (Wildman–Crippen MR) is 113 cm³/mol. The van der Waals surface area contributed by atoms with Crippen molar-refractivity contribution in [1.29, 1.82) is 0 Å². The first-order valence-electron chi connectivity index (χ1n) is 9.17. The zero-order valence-corrected chi connectivity index (χ0v) is 17.2. The van der Waals surface area contributed by atoms with Gasteiger partial charge in [0.15, 0.2) is 18.0 Å². The second-order valence-electron chi connectivity index (χ2n) is 6.52. The highest BCUT2D eigenvalue weighted by atomic mass is 32.2. The minimum absolute atomic E-state index is 0.00977. The number of aryl methyl sites for hydroxylation is 1. The molecule has 10 nitrogen and oxygen atoms in total. The van der Waals surface area contributed by atoms with Crippen LogP contribution in [-0.4, -0.2) is 40.3 Å². The summed E-state index contributed by atoms with van der Waals surface area (Å²) >= 11 is 0. The molecule has 3 heterocycles. The molecule has 31 heavy (non-hydrogen) atoms. The normalized spacial score (nSPS) is 11.3. The Balaban J connectivity index is 1.37. The number of sulfonamides is 1. The average Bonchev–Trinajstić information content (AvgIpc) is 3.14. The topological polar surface area (TPSA) is 128 Å². The van der Waals surface area contributed by atoms with Crippen molar-refractivity contribution in [3.05, 3.63) is 72.9 Å². The Bertz CT molecular complexity index is 1320. The van der Waals surface area contributed by atoms with E-state index in [1.165, 1.54) is 36.7 Å². The van der Waals surface area contributed by atoms with Gasteiger partial charge in [-0.2, -0.15) is 0 Å². The number of nitrogens with one attached hydrogen (secondary N) is 2. The molecular formula is C20H18N6O4S. The Kier molecular flexibility index (Phi) is 5.50. The van der Waals surface area contributed by atoms with Gasteiger partial charge in [-0.15, -0.1) is 0 Å². The first kappa shape index (κ1) is 20.3. The van der Waals surface area contributed by atoms with Crippen molar-refractivity contribution in [2.75, 3.05) is 16.6 Å². The molecule has 0 atom stereocenters. The molecule has 2 N–H and O–H groups in total. The number of imidazole rings is 1. The summed E-state index contributed by atoms with van der Waals surface area (Å²) in [6, 6.07) is 10.8. The molecule has 3 aromatic heterocycles. The maximum Gasteiger partial charge on any atom is 0.264 e. The lowest BCUT2D eigenvalue weighted by Gasteiger charge is -2.09. The standard InChI is InChI=1S/C20H18N6O4S/c1-14-12-26-11-2-4-17(19(26)23-14)30-13-18(27)24-15-5-7-16(8-6-15)31(28,29)25-20-21-9-3-10-22-20/h2-12H,13H2,1H3,(H,24,27)(H,21,22,25). The van der Waals surface area contributed by atoms with Crippen molar-refractivity contribution in [2.24, 2.45) is 0 Å². The Hall–Kier alpha value is -3.99. The Morgan fingerprint density at radius 1 is 1.10 bits per heavy atom. The van der Waals surface area contributed by atoms with Crippen LogP contribution < -0.4 is 14.8 Å². The lowest BCUT2D eigenvalue weighted by atomic mass is 10.3. The SMILES string of the molecule is Cc1cn2cccc(OCC(=O)Nc3ccc(S(=O)(=O)Nc4ncccn4)cc3)c2n1. The minimum Gasteiger partial charge on any atom is -0.480 e. The molecule has 0 fully saturated rings. The fraction of sp³-hybridized carbons (Fsp3) is 0.100. The van der Waals surface area contributed by atoms with E-state index in [1.807, 2.05) is 23.7 Å². The van der Waals surface area contributed by atoms with Crippen LogP contribution in [0.5, 0.6) is 5.75 Å². The van der Waals surface area contributed by atoms with Gasteiger partial charge < -0.3 is 14.5 Å². The first-order valence-corrected chi connectivity index (χ1v) is 10.7. The molecule has 0 bridgehead atoms. The lowest BCUT2D eigenvalue weighted by molar-refractivity contribution is -0.118. The molecule has 0 saturated carbocycles. The summed E-state index contributed by atoms with van der Waals surface area (Å²) in [6.07, 6.45) is 6.56. The van der Waals surface area contributed by atoms with Crippen molar-refractivity contribution in [3.63, 3.8) is 0 Å². The first-order chi connectivity index (χ1) is 14.9. The number of anilines is 2. The molecular weight excluding hydrogens is 420 g/mol. The third-order valence-electron chi connectivity index (χ3n) is 4.17. The van der Waals surface area contributed by atoms with Gasteiger partial charge in [-0.1, -0.05) is 0 Å². The molecule has 1 aromatic carbocycles. The van der Waals surface area contributed by atoms with Crippen molar-refractivity contribution in [3.8, 4) is 5.75 Å². The molecule has 11 heteroatoms. The van der Waals surface area contributed by atoms with Gasteiger partial charge in [0.25, 0.3) is 15.9 Å². The molecule has 4 rings (SSSR count). The maximum absolute atomic E-state index is 12.4. The summed E-state index contributed by atoms with van der Waals surface area (Å²) in [4.78, 5) is 24.3. The van der Waals surface area contributed by atoms with Crippen LogP contribution in [0.15, 0.2) is 72.1 Å². The number of pyridine rings is 1. The number of aromatic nitrogens is 4. The van der Waals surface area contributed by atoms with Crippen LogP contribution >= 0.6 is 0 Å². The highest BCUT2D eigenvalue weighted by molar-refractivity contribution is 7.92. The summed E-state index contributed by atoms with van der Waals surface area (Å²) in [5, 5.41) is 2.66. The van der Waals surface area contributed by atoms with Crippen molar-refractivity contribution in [1.82, 2.24) is 19.4 Å². The summed E-state index contributed by atoms with van der Waals surface area (Å²) in [7, 11) is -3.85. The third-order valence-corrected chi connectivity index (χ3v) is 5.51. The zero-order valence-electron chi connectivity index (χ0n) is 16.4. The highest BCUT2D eigenvalue weighted by Crippen LogP contribution is 2.19. The van der Waals surface area contributed by atoms with E-state index in [1.54, 1.807) is 18.2 Å². The van der Waals surface area contributed by atoms with Crippen molar-refractivity contribution in [2.45, 2.75) is 11.8 Å². The number of hydrogen-bond acceptors (Lipinski definition) is 7. The number of amides is 1. The van der Waals surface area contributed by atoms with Gasteiger partial charge in [0, 0.05) is 30.5 Å². The Morgan fingerprint density at radius 3 is 2.58 bits per heavy atom. The molecule has 0 aliphatic carbocycles. The van der Waals surface area contributed by atoms with Crippen LogP contribution in [-0.2, 0) is 14.8 Å². The average molecular weight is 438 g/mol. The highest BCUT2D eigenvalue weighted by Gasteiger charge is 2.16. The van der Waals surface area contributed by atoms with Gasteiger partial charge in [0.1, 0.15) is 0 Å². The molecule has 158 valence electrons. The van der Waals surface area contributed by atoms with Crippen LogP contribution in [0.1, 0.15) is 5.69 Å². The van der Waals surface area contributed by atoms with E-state index in [4.69, 9.17) is 4.74 Å². The van der Waals surface area contributed by atoms with Gasteiger partial charge >= 0.3 is 0 Å². The number of benzene rings is 1. The Morgan fingerprint density at radius 2 is 1.84 bits per heavy atom. The minimum atomic E-state index is -3.85. The molecule has 0 aliphatic heterocycles. The number of carbonyl (C=O) groups excluding carboxylic acids is 1. The van der Waals surface area contributed by atoms with E-state index in [-0.39, 0.29) is 17.5 Å². The number of ether oxygens (including phenoxy) is 1. The molecule has 4 aromatic rings. The molecule has 0 saturated heterocycles. The van der Waals surface area contributed by atoms with Crippen LogP contribution in [0.4, 0.5) is 11.6 Å². The monoisotopic (exact) mass is 438 g/mol. The summed E-state index contributed by atoms with van der Waals surface area (Å²) in [5.41, 5.74) is 1.89. The number of rotatable bonds is 7. The molecule has 0 unspecified atom stereocenters. The van der Waals surface area contributed by atoms with E-state index in [9.17, 15) is 13.2 Å². The lowest BCUT2D eigenvalue weighted by Crippen LogP contribution is -2.20. The van der Waals surface area contributed by atoms with Gasteiger partial charge in [-0.3, -0.25) is 4.79 Å². The van der Waals surface area contributed by atoms with E-state index in [2.05, 4.69) is 25.0 Å². The predicted octanol–water partition coefficient (Wildman–Crippen LogP) is 2.25. The van der Waals surface area contributed by atoms with Gasteiger partial charge in [0.05, 0.1) is 10.6 Å². The smallest absolute Gasteiger partial charge is 0.264 e. The molecule has 0 spiro atoms. The number of hydrogen-bond donors (Lipinski definition) is 2. The number of fused-ring (bicyclic) bond motifs is 1. The maximum atomic E-state index is 12.4. The fourth-order valence-corrected chi connectivity index (χ4v) is 3.77. The third kappa shape index (κ3) is 4.78. The number of nitrogens with zero attached hydrogens (tertiary/aromatic N) is 4. The van der Waals surface area contributed by atoms with Crippen LogP contribution in [0.3, 0.4) is 0 Å². The van der Waals surface area contributed by atoms with E-state index < -0.39 is 15.9 Å². The second-order valence-corrected chi connectivity index (χ2v) is 8.21. The van der Waals surface area contributed by atoms with Crippen LogP contribution in [0, 0.1) is 6.92 Å². The van der Waals surface area contributed by atoms with Gasteiger partial charge in [-0.25, -0.2) is 28.1 Å². The number of carbonyl (C=O) groups is 1. The van der Waals surface area contributed by atoms with Crippen LogP contribution in [0.2, 0.25) is 0 Å². The molecule has 1 amide bonds. The van der Waals surface area contributed by atoms with E-state index >= 15 is 0 Å². The van der Waals surface area contributed by atoms with Gasteiger partial charge in [0.2, 0.25) is 5.95 Å². The molecule has 0 aliphatic rings. The van der Waals surface area contributed by atoms with E-state index in [0.717, 1.165) is 5.69 Å². The quantitative estimate of drug-likeness (QED) is 0.453. The summed E-state index contributed by atoms with van der Waals surface area (Å²) in [5.74, 6) is 0.0674. The van der Waals surface area contributed by atoms with Gasteiger partial charge in [-0.05, 0) is 49.4 Å². The van der Waals surface area contributed by atoms with Crippen molar-refractivity contribution < 1.29 is 17.9 Å². The second kappa shape index (κ2) is 8.40. The largest absolute Gasteiger partial charge is 0.480 e. The Labute approximate surface area is 178 Å². The van der Waals surface area contributed by atoms with Crippen molar-refractivity contribution >= 4 is 33.2 Å². The van der Waals surface area contributed by atoms with Crippen LogP contribution in [0.25, 0.3) is 5.65 Å². The molecule has 0 radical (unpaired) electrons. The fourth-order valence-electron chi connectivity index (χ4n) is 2.81.